The monoisotopic (exact) mass is 295 g/mol. The molecule has 1 aromatic rings. The Morgan fingerprint density at radius 2 is 1.70 bits per heavy atom. The standard InChI is InChI=1S/C17H29NOS/c1-7-8-18-16(12-20(19)17(4,5)6)15-10-13(2)9-14(3)11-15/h9-11,16,18H,7-8,12H2,1-6H3. The van der Waals surface area contributed by atoms with Gasteiger partial charge in [0.2, 0.25) is 0 Å². The van der Waals surface area contributed by atoms with Gasteiger partial charge in [0.15, 0.2) is 0 Å². The van der Waals surface area contributed by atoms with Crippen LogP contribution in [0.3, 0.4) is 0 Å². The maximum atomic E-state index is 12.5. The smallest absolute Gasteiger partial charge is 0.0437 e. The summed E-state index contributed by atoms with van der Waals surface area (Å²) in [6.07, 6.45) is 1.09. The highest BCUT2D eigenvalue weighted by molar-refractivity contribution is 7.86. The van der Waals surface area contributed by atoms with Gasteiger partial charge in [0.1, 0.15) is 0 Å². The summed E-state index contributed by atoms with van der Waals surface area (Å²) in [5, 5.41) is 3.55. The van der Waals surface area contributed by atoms with Gasteiger partial charge in [0.25, 0.3) is 0 Å². The average molecular weight is 295 g/mol. The number of hydrogen-bond acceptors (Lipinski definition) is 2. The van der Waals surface area contributed by atoms with Crippen molar-refractivity contribution < 1.29 is 4.21 Å². The molecular formula is C17H29NOS. The van der Waals surface area contributed by atoms with Crippen LogP contribution in [0.1, 0.15) is 56.8 Å². The van der Waals surface area contributed by atoms with E-state index < -0.39 is 10.8 Å². The predicted molar refractivity (Wildman–Crippen MR) is 89.7 cm³/mol. The normalized spacial score (nSPS) is 15.1. The van der Waals surface area contributed by atoms with Crippen molar-refractivity contribution in [1.29, 1.82) is 0 Å². The fourth-order valence-electron chi connectivity index (χ4n) is 2.20. The fourth-order valence-corrected chi connectivity index (χ4v) is 3.32. The maximum absolute atomic E-state index is 12.5. The van der Waals surface area contributed by atoms with Crippen molar-refractivity contribution >= 4 is 10.8 Å². The lowest BCUT2D eigenvalue weighted by Gasteiger charge is -2.24. The fraction of sp³-hybridized carbons (Fsp3) is 0.647. The van der Waals surface area contributed by atoms with Gasteiger partial charge in [-0.05, 0) is 53.1 Å². The van der Waals surface area contributed by atoms with Gasteiger partial charge in [-0.3, -0.25) is 4.21 Å². The average Bonchev–Trinajstić information content (AvgIpc) is 2.31. The van der Waals surface area contributed by atoms with E-state index in [9.17, 15) is 4.21 Å². The SMILES string of the molecule is CCCNC(CS(=O)C(C)(C)C)c1cc(C)cc(C)c1. The first-order chi connectivity index (χ1) is 9.24. The van der Waals surface area contributed by atoms with E-state index in [0.29, 0.717) is 5.75 Å². The molecule has 0 saturated heterocycles. The Bertz CT molecular complexity index is 442. The van der Waals surface area contributed by atoms with Crippen LogP contribution in [0.4, 0.5) is 0 Å². The summed E-state index contributed by atoms with van der Waals surface area (Å²) < 4.78 is 12.3. The molecule has 0 bridgehead atoms. The molecule has 0 heterocycles. The van der Waals surface area contributed by atoms with Crippen molar-refractivity contribution in [1.82, 2.24) is 5.32 Å². The van der Waals surface area contributed by atoms with Crippen LogP contribution in [0.5, 0.6) is 0 Å². The number of nitrogens with one attached hydrogen (secondary N) is 1. The first-order valence-corrected chi connectivity index (χ1v) is 8.76. The molecule has 0 aliphatic rings. The molecule has 2 unspecified atom stereocenters. The van der Waals surface area contributed by atoms with Gasteiger partial charge in [-0.25, -0.2) is 0 Å². The van der Waals surface area contributed by atoms with Crippen LogP contribution in [-0.4, -0.2) is 21.3 Å². The Morgan fingerprint density at radius 3 is 2.15 bits per heavy atom. The van der Waals surface area contributed by atoms with Crippen molar-refractivity contribution in [3.05, 3.63) is 34.9 Å². The van der Waals surface area contributed by atoms with E-state index in [0.717, 1.165) is 13.0 Å². The predicted octanol–water partition coefficient (Wildman–Crippen LogP) is 3.89. The minimum Gasteiger partial charge on any atom is -0.309 e. The topological polar surface area (TPSA) is 29.1 Å². The summed E-state index contributed by atoms with van der Waals surface area (Å²) in [6.45, 7) is 13.5. The van der Waals surface area contributed by atoms with Crippen molar-refractivity contribution in [3.63, 3.8) is 0 Å². The molecule has 0 radical (unpaired) electrons. The van der Waals surface area contributed by atoms with Crippen molar-refractivity contribution in [2.24, 2.45) is 0 Å². The summed E-state index contributed by atoms with van der Waals surface area (Å²) >= 11 is 0. The first kappa shape index (κ1) is 17.4. The van der Waals surface area contributed by atoms with Crippen molar-refractivity contribution in [3.8, 4) is 0 Å². The lowest BCUT2D eigenvalue weighted by Crippen LogP contribution is -2.33. The molecule has 0 aromatic heterocycles. The minimum absolute atomic E-state index is 0.162. The Labute approximate surface area is 126 Å². The first-order valence-electron chi connectivity index (χ1n) is 7.44. The van der Waals surface area contributed by atoms with Gasteiger partial charge in [-0.1, -0.05) is 36.2 Å². The van der Waals surface area contributed by atoms with E-state index in [-0.39, 0.29) is 10.8 Å². The molecule has 1 rings (SSSR count). The quantitative estimate of drug-likeness (QED) is 0.862. The highest BCUT2D eigenvalue weighted by atomic mass is 32.2. The number of aryl methyl sites for hydroxylation is 2. The number of benzene rings is 1. The maximum Gasteiger partial charge on any atom is 0.0437 e. The van der Waals surface area contributed by atoms with Crippen LogP contribution in [0, 0.1) is 13.8 Å². The zero-order valence-corrected chi connectivity index (χ0v) is 14.6. The highest BCUT2D eigenvalue weighted by Gasteiger charge is 2.24. The number of hydrogen-bond donors (Lipinski definition) is 1. The van der Waals surface area contributed by atoms with Gasteiger partial charge < -0.3 is 5.32 Å². The molecule has 0 spiro atoms. The molecular weight excluding hydrogens is 266 g/mol. The molecule has 0 amide bonds. The summed E-state index contributed by atoms with van der Waals surface area (Å²) in [6, 6.07) is 6.77. The summed E-state index contributed by atoms with van der Waals surface area (Å²) in [4.78, 5) is 0. The van der Waals surface area contributed by atoms with Gasteiger partial charge in [0, 0.05) is 27.3 Å². The van der Waals surface area contributed by atoms with Crippen LogP contribution < -0.4 is 5.32 Å². The zero-order valence-electron chi connectivity index (χ0n) is 13.7. The Hall–Kier alpha value is -0.670. The molecule has 114 valence electrons. The second kappa shape index (κ2) is 7.37. The Morgan fingerprint density at radius 1 is 1.15 bits per heavy atom. The van der Waals surface area contributed by atoms with Gasteiger partial charge in [-0.2, -0.15) is 0 Å². The van der Waals surface area contributed by atoms with Crippen LogP contribution in [-0.2, 0) is 10.8 Å². The molecule has 0 saturated carbocycles. The molecule has 2 atom stereocenters. The second-order valence-corrected chi connectivity index (χ2v) is 8.80. The van der Waals surface area contributed by atoms with E-state index in [2.05, 4.69) is 44.3 Å². The van der Waals surface area contributed by atoms with Gasteiger partial charge in [0.05, 0.1) is 0 Å². The van der Waals surface area contributed by atoms with E-state index in [1.165, 1.54) is 16.7 Å². The third kappa shape index (κ3) is 5.37. The van der Waals surface area contributed by atoms with Gasteiger partial charge >= 0.3 is 0 Å². The molecule has 20 heavy (non-hydrogen) atoms. The summed E-state index contributed by atoms with van der Waals surface area (Å²) in [5.41, 5.74) is 3.79. The van der Waals surface area contributed by atoms with Crippen LogP contribution in [0.15, 0.2) is 18.2 Å². The van der Waals surface area contributed by atoms with E-state index in [4.69, 9.17) is 0 Å². The van der Waals surface area contributed by atoms with E-state index >= 15 is 0 Å². The molecule has 0 aliphatic carbocycles. The molecule has 1 aromatic carbocycles. The Kier molecular flexibility index (Phi) is 6.41. The molecule has 0 fully saturated rings. The lowest BCUT2D eigenvalue weighted by molar-refractivity contribution is 0.562. The van der Waals surface area contributed by atoms with Gasteiger partial charge in [-0.15, -0.1) is 0 Å². The lowest BCUT2D eigenvalue weighted by atomic mass is 10.0. The third-order valence-electron chi connectivity index (χ3n) is 3.29. The molecule has 1 N–H and O–H groups in total. The van der Waals surface area contributed by atoms with E-state index in [1.807, 2.05) is 20.8 Å². The molecule has 0 aliphatic heterocycles. The molecule has 2 nitrogen and oxygen atoms in total. The zero-order chi connectivity index (χ0) is 15.3. The third-order valence-corrected chi connectivity index (χ3v) is 5.29. The summed E-state index contributed by atoms with van der Waals surface area (Å²) in [7, 11) is -0.847. The van der Waals surface area contributed by atoms with Crippen LogP contribution >= 0.6 is 0 Å². The second-order valence-electron chi connectivity index (χ2n) is 6.55. The number of rotatable bonds is 6. The van der Waals surface area contributed by atoms with Crippen LogP contribution in [0.25, 0.3) is 0 Å². The van der Waals surface area contributed by atoms with Crippen molar-refractivity contribution in [2.45, 2.75) is 58.8 Å². The van der Waals surface area contributed by atoms with Crippen molar-refractivity contribution in [2.75, 3.05) is 12.3 Å². The Balaban J connectivity index is 2.96. The largest absolute Gasteiger partial charge is 0.309 e. The summed E-state index contributed by atoms with van der Waals surface area (Å²) in [5.74, 6) is 0.673. The molecule has 3 heteroatoms. The van der Waals surface area contributed by atoms with Crippen LogP contribution in [0.2, 0.25) is 0 Å². The minimum atomic E-state index is -0.847. The van der Waals surface area contributed by atoms with E-state index in [1.54, 1.807) is 0 Å². The highest BCUT2D eigenvalue weighted by Crippen LogP contribution is 2.22.